The van der Waals surface area contributed by atoms with Gasteiger partial charge in [0.2, 0.25) is 10.0 Å². The Balaban J connectivity index is 1.81. The van der Waals surface area contributed by atoms with Gasteiger partial charge in [-0.3, -0.25) is 9.88 Å². The van der Waals surface area contributed by atoms with Gasteiger partial charge in [-0.25, -0.2) is 8.42 Å². The normalized spacial score (nSPS) is 21.1. The van der Waals surface area contributed by atoms with E-state index in [0.717, 1.165) is 57.7 Å². The van der Waals surface area contributed by atoms with Crippen LogP contribution < -0.4 is 4.90 Å². The van der Waals surface area contributed by atoms with Gasteiger partial charge in [0.25, 0.3) is 0 Å². The molecular weight excluding hydrogens is 348 g/mol. The Morgan fingerprint density at radius 3 is 2.42 bits per heavy atom. The van der Waals surface area contributed by atoms with Gasteiger partial charge in [0.15, 0.2) is 0 Å². The van der Waals surface area contributed by atoms with Crippen LogP contribution in [0, 0.1) is 0 Å². The van der Waals surface area contributed by atoms with E-state index < -0.39 is 10.0 Å². The third-order valence-electron chi connectivity index (χ3n) is 4.81. The molecule has 0 radical (unpaired) electrons. The second kappa shape index (κ2) is 7.99. The van der Waals surface area contributed by atoms with Gasteiger partial charge in [-0.2, -0.15) is 4.31 Å². The van der Waals surface area contributed by atoms with Crippen LogP contribution in [0.3, 0.4) is 0 Å². The Kier molecular flexibility index (Phi) is 5.97. The lowest BCUT2D eigenvalue weighted by Crippen LogP contribution is -2.47. The largest absolute Gasteiger partial charge is 0.368 e. The number of pyridine rings is 1. The fourth-order valence-electron chi connectivity index (χ4n) is 3.41. The number of hydrogen-bond donors (Lipinski definition) is 0. The first kappa shape index (κ1) is 17.9. The summed E-state index contributed by atoms with van der Waals surface area (Å²) >= 11 is 5.81. The molecule has 0 unspecified atom stereocenters. The van der Waals surface area contributed by atoms with Gasteiger partial charge in [0, 0.05) is 64.1 Å². The van der Waals surface area contributed by atoms with Gasteiger partial charge >= 0.3 is 0 Å². The van der Waals surface area contributed by atoms with E-state index in [2.05, 4.69) is 14.8 Å². The number of rotatable bonds is 5. The van der Waals surface area contributed by atoms with E-state index in [1.807, 2.05) is 6.07 Å². The topological polar surface area (TPSA) is 56.8 Å². The molecule has 0 atom stereocenters. The molecule has 8 heteroatoms. The molecule has 0 aliphatic carbocycles. The summed E-state index contributed by atoms with van der Waals surface area (Å²) in [6.07, 6.45) is 6.16. The van der Waals surface area contributed by atoms with Crippen LogP contribution in [-0.4, -0.2) is 74.3 Å². The first-order valence-corrected chi connectivity index (χ1v) is 10.6. The summed E-state index contributed by atoms with van der Waals surface area (Å²) in [6, 6.07) is 1.83. The van der Waals surface area contributed by atoms with Crippen molar-refractivity contribution < 1.29 is 8.42 Å². The van der Waals surface area contributed by atoms with Crippen molar-refractivity contribution in [1.82, 2.24) is 14.2 Å². The summed E-state index contributed by atoms with van der Waals surface area (Å²) in [6.45, 7) is 5.52. The predicted molar refractivity (Wildman–Crippen MR) is 96.2 cm³/mol. The number of alkyl halides is 1. The summed E-state index contributed by atoms with van der Waals surface area (Å²) < 4.78 is 27.7. The Bertz CT molecular complexity index is 641. The number of halogens is 1. The molecule has 0 bridgehead atoms. The van der Waals surface area contributed by atoms with Crippen molar-refractivity contribution in [1.29, 1.82) is 0 Å². The van der Waals surface area contributed by atoms with Crippen LogP contribution in [0.15, 0.2) is 23.4 Å². The highest BCUT2D eigenvalue weighted by Gasteiger charge is 2.30. The van der Waals surface area contributed by atoms with E-state index in [4.69, 9.17) is 11.6 Å². The van der Waals surface area contributed by atoms with Crippen LogP contribution >= 0.6 is 11.6 Å². The Morgan fingerprint density at radius 2 is 1.75 bits per heavy atom. The first-order valence-electron chi connectivity index (χ1n) is 8.60. The number of hydrogen-bond acceptors (Lipinski definition) is 5. The van der Waals surface area contributed by atoms with Gasteiger partial charge in [-0.1, -0.05) is 6.42 Å². The number of nitrogens with zero attached hydrogens (tertiary/aromatic N) is 4. The fraction of sp³-hybridized carbons (Fsp3) is 0.688. The van der Waals surface area contributed by atoms with Crippen molar-refractivity contribution in [3.8, 4) is 0 Å². The first-order chi connectivity index (χ1) is 11.6. The maximum Gasteiger partial charge on any atom is 0.246 e. The average molecular weight is 373 g/mol. The average Bonchev–Trinajstić information content (AvgIpc) is 2.63. The Morgan fingerprint density at radius 1 is 1.04 bits per heavy atom. The maximum atomic E-state index is 13.0. The second-order valence-corrected chi connectivity index (χ2v) is 8.61. The standard InChI is InChI=1S/C16H25ClN4O2S/c17-5-9-19-10-12-20(13-11-19)15-4-6-18-14-16(15)24(22,23)21-7-2-1-3-8-21/h4,6,14H,1-3,5,7-13H2. The lowest BCUT2D eigenvalue weighted by atomic mass is 10.2. The molecule has 3 rings (SSSR count). The van der Waals surface area contributed by atoms with Crippen molar-refractivity contribution in [3.05, 3.63) is 18.5 Å². The number of aromatic nitrogens is 1. The summed E-state index contributed by atoms with van der Waals surface area (Å²) in [5.41, 5.74) is 0.779. The minimum absolute atomic E-state index is 0.345. The van der Waals surface area contributed by atoms with Crippen molar-refractivity contribution in [2.45, 2.75) is 24.2 Å². The Hall–Kier alpha value is -0.890. The minimum Gasteiger partial charge on any atom is -0.368 e. The summed E-state index contributed by atoms with van der Waals surface area (Å²) in [5, 5.41) is 0. The Labute approximate surface area is 149 Å². The highest BCUT2D eigenvalue weighted by atomic mass is 35.5. The molecule has 2 aliphatic heterocycles. The molecule has 1 aromatic rings. The van der Waals surface area contributed by atoms with Crippen molar-refractivity contribution in [3.63, 3.8) is 0 Å². The molecule has 2 fully saturated rings. The van der Waals surface area contributed by atoms with Gasteiger partial charge in [0.05, 0.1) is 5.69 Å². The zero-order valence-corrected chi connectivity index (χ0v) is 15.5. The third-order valence-corrected chi connectivity index (χ3v) is 6.89. The number of anilines is 1. The van der Waals surface area contributed by atoms with Gasteiger partial charge in [-0.05, 0) is 18.9 Å². The molecule has 0 spiro atoms. The third kappa shape index (κ3) is 3.85. The van der Waals surface area contributed by atoms with Gasteiger partial charge in [-0.15, -0.1) is 11.6 Å². The second-order valence-electron chi connectivity index (χ2n) is 6.33. The molecule has 24 heavy (non-hydrogen) atoms. The van der Waals surface area contributed by atoms with Crippen LogP contribution in [0.4, 0.5) is 5.69 Å². The summed E-state index contributed by atoms with van der Waals surface area (Å²) in [5.74, 6) is 0.629. The van der Waals surface area contributed by atoms with E-state index in [1.165, 1.54) is 6.20 Å². The van der Waals surface area contributed by atoms with Gasteiger partial charge in [0.1, 0.15) is 4.90 Å². The monoisotopic (exact) mass is 372 g/mol. The van der Waals surface area contributed by atoms with E-state index in [-0.39, 0.29) is 0 Å². The molecular formula is C16H25ClN4O2S. The molecule has 0 saturated carbocycles. The number of piperidine rings is 1. The van der Waals surface area contributed by atoms with Crippen molar-refractivity contribution in [2.24, 2.45) is 0 Å². The molecule has 134 valence electrons. The summed E-state index contributed by atoms with van der Waals surface area (Å²) in [4.78, 5) is 8.90. The molecule has 0 N–H and O–H groups in total. The van der Waals surface area contributed by atoms with Crippen molar-refractivity contribution >= 4 is 27.3 Å². The number of piperazine rings is 1. The predicted octanol–water partition coefficient (Wildman–Crippen LogP) is 1.62. The quantitative estimate of drug-likeness (QED) is 0.735. The lowest BCUT2D eigenvalue weighted by molar-refractivity contribution is 0.272. The van der Waals surface area contributed by atoms with E-state index in [1.54, 1.807) is 10.5 Å². The molecule has 2 saturated heterocycles. The van der Waals surface area contributed by atoms with Crippen LogP contribution in [0.5, 0.6) is 0 Å². The lowest BCUT2D eigenvalue weighted by Gasteiger charge is -2.37. The van der Waals surface area contributed by atoms with Crippen LogP contribution in [-0.2, 0) is 10.0 Å². The minimum atomic E-state index is -3.47. The highest BCUT2D eigenvalue weighted by Crippen LogP contribution is 2.29. The van der Waals surface area contributed by atoms with Crippen LogP contribution in [0.25, 0.3) is 0 Å². The zero-order chi connectivity index (χ0) is 17.0. The van der Waals surface area contributed by atoms with Gasteiger partial charge < -0.3 is 4.90 Å². The molecule has 1 aromatic heterocycles. The molecule has 6 nitrogen and oxygen atoms in total. The number of sulfonamides is 1. The van der Waals surface area contributed by atoms with E-state index >= 15 is 0 Å². The summed E-state index contributed by atoms with van der Waals surface area (Å²) in [7, 11) is -3.47. The maximum absolute atomic E-state index is 13.0. The molecule has 0 amide bonds. The van der Waals surface area contributed by atoms with Crippen LogP contribution in [0.2, 0.25) is 0 Å². The van der Waals surface area contributed by atoms with E-state index in [0.29, 0.717) is 23.9 Å². The smallest absolute Gasteiger partial charge is 0.246 e. The van der Waals surface area contributed by atoms with Crippen molar-refractivity contribution in [2.75, 3.05) is 56.6 Å². The molecule has 3 heterocycles. The highest BCUT2D eigenvalue weighted by molar-refractivity contribution is 7.89. The fourth-order valence-corrected chi connectivity index (χ4v) is 5.32. The van der Waals surface area contributed by atoms with E-state index in [9.17, 15) is 8.42 Å². The van der Waals surface area contributed by atoms with Crippen LogP contribution in [0.1, 0.15) is 19.3 Å². The molecule has 0 aromatic carbocycles. The zero-order valence-electron chi connectivity index (χ0n) is 13.9. The SMILES string of the molecule is O=S(=O)(c1cnccc1N1CCN(CCCl)CC1)N1CCCCC1. The molecule has 2 aliphatic rings.